The zero-order valence-electron chi connectivity index (χ0n) is 11.8. The summed E-state index contributed by atoms with van der Waals surface area (Å²) in [5, 5.41) is 2.67. The Hall–Kier alpha value is -1.60. The lowest BCUT2D eigenvalue weighted by Crippen LogP contribution is -2.09. The molecule has 0 bridgehead atoms. The van der Waals surface area contributed by atoms with Crippen LogP contribution in [0.15, 0.2) is 35.8 Å². The molecule has 120 valence electrons. The number of nitrogens with two attached hydrogens (primary N) is 1. The quantitative estimate of drug-likeness (QED) is 0.765. The maximum Gasteiger partial charge on any atom is 0.416 e. The lowest BCUT2D eigenvalue weighted by atomic mass is 10.1. The topological polar surface area (TPSA) is 48.1 Å². The molecule has 0 radical (unpaired) electrons. The molecule has 0 saturated carbocycles. The van der Waals surface area contributed by atoms with Gasteiger partial charge in [0, 0.05) is 11.6 Å². The first kappa shape index (κ1) is 16.8. The molecule has 2 N–H and O–H groups in total. The summed E-state index contributed by atoms with van der Waals surface area (Å²) in [5.74, 6) is 0.404. The van der Waals surface area contributed by atoms with Crippen LogP contribution in [0.3, 0.4) is 0 Å². The smallest absolute Gasteiger partial charge is 0.416 e. The number of ether oxygens (including phenoxy) is 1. The maximum absolute atomic E-state index is 12.5. The lowest BCUT2D eigenvalue weighted by molar-refractivity contribution is -0.137. The molecule has 0 aliphatic heterocycles. The highest BCUT2D eigenvalue weighted by Crippen LogP contribution is 2.32. The van der Waals surface area contributed by atoms with Gasteiger partial charge in [-0.2, -0.15) is 13.2 Å². The van der Waals surface area contributed by atoms with E-state index in [4.69, 9.17) is 10.5 Å². The van der Waals surface area contributed by atoms with Gasteiger partial charge in [0.25, 0.3) is 0 Å². The molecule has 3 nitrogen and oxygen atoms in total. The number of aromatic nitrogens is 1. The molecule has 2 rings (SSSR count). The molecule has 0 saturated heterocycles. The van der Waals surface area contributed by atoms with Crippen LogP contribution in [0.2, 0.25) is 0 Å². The van der Waals surface area contributed by atoms with E-state index >= 15 is 0 Å². The molecule has 1 heterocycles. The summed E-state index contributed by atoms with van der Waals surface area (Å²) >= 11 is 1.47. The molecule has 22 heavy (non-hydrogen) atoms. The first-order valence-electron chi connectivity index (χ1n) is 6.94. The van der Waals surface area contributed by atoms with Gasteiger partial charge in [-0.1, -0.05) is 0 Å². The SMILES string of the molecule is NCCCCC(Oc1ccc(C(F)(F)F)cc1)c1nccs1. The van der Waals surface area contributed by atoms with E-state index in [1.165, 1.54) is 23.5 Å². The fourth-order valence-electron chi connectivity index (χ4n) is 1.99. The van der Waals surface area contributed by atoms with E-state index < -0.39 is 11.7 Å². The second-order valence-electron chi connectivity index (χ2n) is 4.78. The third-order valence-electron chi connectivity index (χ3n) is 3.11. The molecule has 1 aromatic heterocycles. The van der Waals surface area contributed by atoms with Crippen molar-refractivity contribution >= 4 is 11.3 Å². The number of nitrogens with zero attached hydrogens (tertiary/aromatic N) is 1. The van der Waals surface area contributed by atoms with Crippen molar-refractivity contribution in [2.24, 2.45) is 5.73 Å². The van der Waals surface area contributed by atoms with Gasteiger partial charge in [0.15, 0.2) is 0 Å². The van der Waals surface area contributed by atoms with Crippen molar-refractivity contribution in [3.05, 3.63) is 46.4 Å². The van der Waals surface area contributed by atoms with E-state index in [1.54, 1.807) is 6.20 Å². The first-order valence-corrected chi connectivity index (χ1v) is 7.82. The van der Waals surface area contributed by atoms with Crippen molar-refractivity contribution in [1.29, 1.82) is 0 Å². The van der Waals surface area contributed by atoms with Crippen LogP contribution in [0, 0.1) is 0 Å². The zero-order chi connectivity index (χ0) is 16.0. The summed E-state index contributed by atoms with van der Waals surface area (Å²) < 4.78 is 43.5. The second-order valence-corrected chi connectivity index (χ2v) is 5.71. The van der Waals surface area contributed by atoms with Gasteiger partial charge >= 0.3 is 6.18 Å². The molecule has 0 amide bonds. The highest BCUT2D eigenvalue weighted by Gasteiger charge is 2.30. The maximum atomic E-state index is 12.5. The van der Waals surface area contributed by atoms with Crippen LogP contribution in [0.5, 0.6) is 5.75 Å². The molecule has 1 unspecified atom stereocenters. The molecule has 0 aliphatic rings. The summed E-state index contributed by atoms with van der Waals surface area (Å²) in [6.07, 6.45) is -0.436. The third kappa shape index (κ3) is 4.71. The highest BCUT2D eigenvalue weighted by molar-refractivity contribution is 7.09. The van der Waals surface area contributed by atoms with Crippen LogP contribution >= 0.6 is 11.3 Å². The number of unbranched alkanes of at least 4 members (excludes halogenated alkanes) is 1. The van der Waals surface area contributed by atoms with Crippen LogP contribution in [-0.2, 0) is 6.18 Å². The Balaban J connectivity index is 2.06. The molecular formula is C15H17F3N2OS. The van der Waals surface area contributed by atoms with Crippen molar-refractivity contribution in [1.82, 2.24) is 4.98 Å². The number of thiazole rings is 1. The number of benzene rings is 1. The van der Waals surface area contributed by atoms with Crippen LogP contribution < -0.4 is 10.5 Å². The van der Waals surface area contributed by atoms with Gasteiger partial charge in [-0.3, -0.25) is 0 Å². The lowest BCUT2D eigenvalue weighted by Gasteiger charge is -2.17. The number of hydrogen-bond donors (Lipinski definition) is 1. The minimum absolute atomic E-state index is 0.261. The van der Waals surface area contributed by atoms with Gasteiger partial charge in [0.1, 0.15) is 16.9 Å². The van der Waals surface area contributed by atoms with Gasteiger partial charge < -0.3 is 10.5 Å². The van der Waals surface area contributed by atoms with Crippen molar-refractivity contribution in [2.45, 2.75) is 31.5 Å². The third-order valence-corrected chi connectivity index (χ3v) is 3.97. The Morgan fingerprint density at radius 3 is 2.45 bits per heavy atom. The fourth-order valence-corrected chi connectivity index (χ4v) is 2.69. The summed E-state index contributed by atoms with van der Waals surface area (Å²) in [6.45, 7) is 0.602. The van der Waals surface area contributed by atoms with Crippen molar-refractivity contribution in [2.75, 3.05) is 6.54 Å². The van der Waals surface area contributed by atoms with E-state index in [1.807, 2.05) is 5.38 Å². The Labute approximate surface area is 130 Å². The number of alkyl halides is 3. The van der Waals surface area contributed by atoms with Crippen molar-refractivity contribution in [3.8, 4) is 5.75 Å². The van der Waals surface area contributed by atoms with Crippen LogP contribution in [0.25, 0.3) is 0 Å². The van der Waals surface area contributed by atoms with Crippen LogP contribution in [0.1, 0.15) is 35.9 Å². The van der Waals surface area contributed by atoms with Crippen molar-refractivity contribution in [3.63, 3.8) is 0 Å². The van der Waals surface area contributed by atoms with E-state index in [0.29, 0.717) is 12.3 Å². The Morgan fingerprint density at radius 2 is 1.91 bits per heavy atom. The van der Waals surface area contributed by atoms with E-state index in [9.17, 15) is 13.2 Å². The molecule has 0 fully saturated rings. The molecule has 1 aromatic carbocycles. The summed E-state index contributed by atoms with van der Waals surface area (Å²) in [7, 11) is 0. The average molecular weight is 330 g/mol. The normalized spacial score (nSPS) is 13.1. The molecule has 1 atom stereocenters. The minimum atomic E-state index is -4.34. The largest absolute Gasteiger partial charge is 0.483 e. The van der Waals surface area contributed by atoms with Gasteiger partial charge in [-0.25, -0.2) is 4.98 Å². The van der Waals surface area contributed by atoms with Gasteiger partial charge in [0.2, 0.25) is 0 Å². The van der Waals surface area contributed by atoms with Gasteiger partial charge in [-0.15, -0.1) is 11.3 Å². The predicted molar refractivity (Wildman–Crippen MR) is 79.8 cm³/mol. The Kier molecular flexibility index (Phi) is 5.79. The molecule has 2 aromatic rings. The predicted octanol–water partition coefficient (Wildman–Crippen LogP) is 4.41. The summed E-state index contributed by atoms with van der Waals surface area (Å²) in [4.78, 5) is 4.23. The molecular weight excluding hydrogens is 313 g/mol. The van der Waals surface area contributed by atoms with E-state index in [2.05, 4.69) is 4.98 Å². The molecule has 7 heteroatoms. The van der Waals surface area contributed by atoms with Crippen molar-refractivity contribution < 1.29 is 17.9 Å². The molecule has 0 aliphatic carbocycles. The van der Waals surface area contributed by atoms with E-state index in [-0.39, 0.29) is 6.10 Å². The number of rotatable bonds is 7. The van der Waals surface area contributed by atoms with Gasteiger partial charge in [-0.05, 0) is 50.1 Å². The number of hydrogen-bond acceptors (Lipinski definition) is 4. The standard InChI is InChI=1S/C15H17F3N2OS/c16-15(17,18)11-4-6-12(7-5-11)21-13(3-1-2-8-19)14-20-9-10-22-14/h4-7,9-10,13H,1-3,8,19H2. The van der Waals surface area contributed by atoms with Crippen LogP contribution in [0.4, 0.5) is 13.2 Å². The van der Waals surface area contributed by atoms with Gasteiger partial charge in [0.05, 0.1) is 5.56 Å². The monoisotopic (exact) mass is 330 g/mol. The summed E-state index contributed by atoms with van der Waals surface area (Å²) in [5.41, 5.74) is 4.80. The second kappa shape index (κ2) is 7.60. The highest BCUT2D eigenvalue weighted by atomic mass is 32.1. The first-order chi connectivity index (χ1) is 10.5. The Morgan fingerprint density at radius 1 is 1.18 bits per heavy atom. The fraction of sp³-hybridized carbons (Fsp3) is 0.400. The van der Waals surface area contributed by atoms with Crippen LogP contribution in [-0.4, -0.2) is 11.5 Å². The minimum Gasteiger partial charge on any atom is -0.483 e. The molecule has 0 spiro atoms. The summed E-state index contributed by atoms with van der Waals surface area (Å²) in [6, 6.07) is 4.72. The number of halogens is 3. The Bertz CT molecular complexity index is 555. The average Bonchev–Trinajstić information content (AvgIpc) is 3.00. The van der Waals surface area contributed by atoms with E-state index in [0.717, 1.165) is 36.4 Å². The zero-order valence-corrected chi connectivity index (χ0v) is 12.7.